The van der Waals surface area contributed by atoms with Gasteiger partial charge < -0.3 is 10.6 Å². The van der Waals surface area contributed by atoms with E-state index in [9.17, 15) is 0 Å². The van der Waals surface area contributed by atoms with Gasteiger partial charge in [-0.05, 0) is 59.7 Å². The predicted molar refractivity (Wildman–Crippen MR) is 68.5 cm³/mol. The molecule has 2 saturated heterocycles. The first-order valence-corrected chi connectivity index (χ1v) is 6.75. The van der Waals surface area contributed by atoms with E-state index in [1.807, 2.05) is 0 Å². The summed E-state index contributed by atoms with van der Waals surface area (Å²) in [6, 6.07) is 2.76. The quantitative estimate of drug-likeness (QED) is 0.782. The summed E-state index contributed by atoms with van der Waals surface area (Å²) in [6.07, 6.45) is 6.50. The molecular weight excluding hydrogens is 198 g/mol. The van der Waals surface area contributed by atoms with E-state index in [2.05, 4.69) is 30.8 Å². The van der Waals surface area contributed by atoms with Gasteiger partial charge in [0.1, 0.15) is 0 Å². The van der Waals surface area contributed by atoms with Crippen molar-refractivity contribution in [3.05, 3.63) is 0 Å². The largest absolute Gasteiger partial charge is 0.328 e. The van der Waals surface area contributed by atoms with Crippen LogP contribution in [0.25, 0.3) is 0 Å². The SMILES string of the molecule is CC(CCN(C)C)N1C2CCC1CC(N)C2. The first-order valence-electron chi connectivity index (χ1n) is 6.75. The van der Waals surface area contributed by atoms with Crippen LogP contribution in [0.15, 0.2) is 0 Å². The van der Waals surface area contributed by atoms with Gasteiger partial charge in [0.15, 0.2) is 0 Å². The molecule has 2 aliphatic heterocycles. The van der Waals surface area contributed by atoms with Crippen molar-refractivity contribution in [3.8, 4) is 0 Å². The molecule has 2 N–H and O–H groups in total. The molecule has 0 amide bonds. The Balaban J connectivity index is 1.89. The first-order chi connectivity index (χ1) is 7.58. The van der Waals surface area contributed by atoms with Crippen molar-refractivity contribution in [2.75, 3.05) is 20.6 Å². The Morgan fingerprint density at radius 2 is 1.81 bits per heavy atom. The number of rotatable bonds is 4. The Morgan fingerprint density at radius 1 is 1.25 bits per heavy atom. The van der Waals surface area contributed by atoms with E-state index in [0.29, 0.717) is 6.04 Å². The van der Waals surface area contributed by atoms with Crippen LogP contribution in [0, 0.1) is 0 Å². The third kappa shape index (κ3) is 2.58. The van der Waals surface area contributed by atoms with E-state index < -0.39 is 0 Å². The van der Waals surface area contributed by atoms with Crippen molar-refractivity contribution < 1.29 is 0 Å². The molecule has 2 heterocycles. The molecule has 0 spiro atoms. The minimum Gasteiger partial charge on any atom is -0.328 e. The van der Waals surface area contributed by atoms with Crippen molar-refractivity contribution in [1.82, 2.24) is 9.80 Å². The van der Waals surface area contributed by atoms with Gasteiger partial charge in [0, 0.05) is 24.2 Å². The molecule has 3 unspecified atom stereocenters. The highest BCUT2D eigenvalue weighted by Crippen LogP contribution is 2.37. The molecule has 0 saturated carbocycles. The Morgan fingerprint density at radius 3 is 2.31 bits per heavy atom. The highest BCUT2D eigenvalue weighted by atomic mass is 15.2. The predicted octanol–water partition coefficient (Wildman–Crippen LogP) is 1.28. The minimum absolute atomic E-state index is 0.467. The van der Waals surface area contributed by atoms with E-state index in [4.69, 9.17) is 5.73 Å². The van der Waals surface area contributed by atoms with Gasteiger partial charge in [-0.1, -0.05) is 0 Å². The third-order valence-electron chi connectivity index (χ3n) is 4.33. The Labute approximate surface area is 100.0 Å². The molecule has 0 aromatic rings. The van der Waals surface area contributed by atoms with Gasteiger partial charge in [0.2, 0.25) is 0 Å². The van der Waals surface area contributed by atoms with Crippen LogP contribution in [0.1, 0.15) is 39.0 Å². The summed E-state index contributed by atoms with van der Waals surface area (Å²) in [5.41, 5.74) is 6.11. The molecule has 94 valence electrons. The summed E-state index contributed by atoms with van der Waals surface area (Å²) < 4.78 is 0. The highest BCUT2D eigenvalue weighted by Gasteiger charge is 2.41. The fraction of sp³-hybridized carbons (Fsp3) is 1.00. The normalized spacial score (nSPS) is 36.9. The number of hydrogen-bond acceptors (Lipinski definition) is 3. The molecule has 2 aliphatic rings. The van der Waals surface area contributed by atoms with Crippen LogP contribution in [0.5, 0.6) is 0 Å². The lowest BCUT2D eigenvalue weighted by Gasteiger charge is -2.42. The van der Waals surface area contributed by atoms with E-state index in [1.54, 1.807) is 0 Å². The highest BCUT2D eigenvalue weighted by molar-refractivity contribution is 4.98. The zero-order chi connectivity index (χ0) is 11.7. The molecule has 3 atom stereocenters. The second kappa shape index (κ2) is 5.03. The number of nitrogens with zero attached hydrogens (tertiary/aromatic N) is 2. The van der Waals surface area contributed by atoms with Gasteiger partial charge in [-0.2, -0.15) is 0 Å². The van der Waals surface area contributed by atoms with E-state index in [1.165, 1.54) is 38.6 Å². The van der Waals surface area contributed by atoms with E-state index >= 15 is 0 Å². The number of hydrogen-bond donors (Lipinski definition) is 1. The van der Waals surface area contributed by atoms with Crippen LogP contribution in [0.2, 0.25) is 0 Å². The molecule has 2 rings (SSSR count). The molecule has 0 radical (unpaired) electrons. The number of fused-ring (bicyclic) bond motifs is 2. The smallest absolute Gasteiger partial charge is 0.0116 e. The third-order valence-corrected chi connectivity index (χ3v) is 4.33. The van der Waals surface area contributed by atoms with Crippen LogP contribution in [-0.2, 0) is 0 Å². The van der Waals surface area contributed by atoms with Gasteiger partial charge in [0.05, 0.1) is 0 Å². The summed E-state index contributed by atoms with van der Waals surface area (Å²) in [6.45, 7) is 3.59. The van der Waals surface area contributed by atoms with Crippen LogP contribution in [-0.4, -0.2) is 54.6 Å². The van der Waals surface area contributed by atoms with Gasteiger partial charge >= 0.3 is 0 Å². The molecule has 0 aliphatic carbocycles. The topological polar surface area (TPSA) is 32.5 Å². The van der Waals surface area contributed by atoms with Gasteiger partial charge in [-0.15, -0.1) is 0 Å². The fourth-order valence-corrected chi connectivity index (χ4v) is 3.57. The van der Waals surface area contributed by atoms with Crippen LogP contribution >= 0.6 is 0 Å². The second-order valence-electron chi connectivity index (χ2n) is 6.00. The van der Waals surface area contributed by atoms with Crippen LogP contribution < -0.4 is 5.73 Å². The molecular formula is C13H27N3. The van der Waals surface area contributed by atoms with Gasteiger partial charge in [-0.25, -0.2) is 0 Å². The Hall–Kier alpha value is -0.120. The fourth-order valence-electron chi connectivity index (χ4n) is 3.57. The summed E-state index contributed by atoms with van der Waals surface area (Å²) in [7, 11) is 4.32. The average Bonchev–Trinajstić information content (AvgIpc) is 2.48. The van der Waals surface area contributed by atoms with Crippen molar-refractivity contribution in [2.24, 2.45) is 5.73 Å². The minimum atomic E-state index is 0.467. The lowest BCUT2D eigenvalue weighted by Crippen LogP contribution is -2.51. The maximum atomic E-state index is 6.11. The van der Waals surface area contributed by atoms with Gasteiger partial charge in [-0.3, -0.25) is 4.90 Å². The average molecular weight is 225 g/mol. The van der Waals surface area contributed by atoms with Crippen molar-refractivity contribution in [3.63, 3.8) is 0 Å². The summed E-state index contributed by atoms with van der Waals surface area (Å²) in [5, 5.41) is 0. The summed E-state index contributed by atoms with van der Waals surface area (Å²) in [4.78, 5) is 5.06. The summed E-state index contributed by atoms with van der Waals surface area (Å²) >= 11 is 0. The molecule has 0 aromatic carbocycles. The van der Waals surface area contributed by atoms with E-state index in [-0.39, 0.29) is 0 Å². The zero-order valence-corrected chi connectivity index (χ0v) is 11.0. The molecule has 3 nitrogen and oxygen atoms in total. The number of piperidine rings is 1. The van der Waals surface area contributed by atoms with E-state index in [0.717, 1.165) is 18.1 Å². The maximum Gasteiger partial charge on any atom is 0.0116 e. The Bertz CT molecular complexity index is 215. The van der Waals surface area contributed by atoms with Crippen molar-refractivity contribution in [2.45, 2.75) is 63.2 Å². The number of nitrogens with two attached hydrogens (primary N) is 1. The van der Waals surface area contributed by atoms with Gasteiger partial charge in [0.25, 0.3) is 0 Å². The van der Waals surface area contributed by atoms with Crippen LogP contribution in [0.3, 0.4) is 0 Å². The molecule has 2 bridgehead atoms. The molecule has 3 heteroatoms. The van der Waals surface area contributed by atoms with Crippen molar-refractivity contribution >= 4 is 0 Å². The molecule has 0 aromatic heterocycles. The molecule has 2 fully saturated rings. The standard InChI is InChI=1S/C13H27N3/c1-10(6-7-15(2)3)16-12-4-5-13(16)9-11(14)8-12/h10-13H,4-9,14H2,1-3H3. The monoisotopic (exact) mass is 225 g/mol. The van der Waals surface area contributed by atoms with Crippen molar-refractivity contribution in [1.29, 1.82) is 0 Å². The van der Waals surface area contributed by atoms with Crippen LogP contribution in [0.4, 0.5) is 0 Å². The second-order valence-corrected chi connectivity index (χ2v) is 6.00. The summed E-state index contributed by atoms with van der Waals surface area (Å²) in [5.74, 6) is 0. The molecule has 16 heavy (non-hydrogen) atoms. The maximum absolute atomic E-state index is 6.11. The first kappa shape index (κ1) is 12.3. The Kier molecular flexibility index (Phi) is 3.88. The zero-order valence-electron chi connectivity index (χ0n) is 11.0. The lowest BCUT2D eigenvalue weighted by atomic mass is 9.95. The lowest BCUT2D eigenvalue weighted by molar-refractivity contribution is 0.0776.